The van der Waals surface area contributed by atoms with E-state index in [2.05, 4.69) is 52.0 Å². The fraction of sp³-hybridized carbons (Fsp3) is 0.500. The summed E-state index contributed by atoms with van der Waals surface area (Å²) in [7, 11) is -18.0. The molecular formula is C12H19B3F12K-3. The first-order valence-corrected chi connectivity index (χ1v) is 7.33. The Hall–Kier alpha value is 0.211. The van der Waals surface area contributed by atoms with Gasteiger partial charge >= 0.3 is 73.1 Å². The molecule has 0 heterocycles. The minimum atomic E-state index is -6.00. The minimum Gasteiger partial charge on any atom is -1.00 e. The molecular weight excluding hydrogens is 444 g/mol. The van der Waals surface area contributed by atoms with E-state index in [-0.39, 0.29) is 52.8 Å². The zero-order valence-electron chi connectivity index (χ0n) is 16.7. The molecule has 16 heteroatoms. The first-order valence-electron chi connectivity index (χ1n) is 7.33. The van der Waals surface area contributed by atoms with E-state index in [1.807, 2.05) is 0 Å². The summed E-state index contributed by atoms with van der Waals surface area (Å²) >= 11 is 0. The predicted octanol–water partition coefficient (Wildman–Crippen LogP) is 4.95. The molecule has 164 valence electrons. The van der Waals surface area contributed by atoms with Crippen molar-refractivity contribution < 1.29 is 105 Å². The number of hydrogen-bond acceptors (Lipinski definition) is 0. The molecule has 0 aromatic heterocycles. The van der Waals surface area contributed by atoms with Crippen LogP contribution in [0.3, 0.4) is 0 Å². The summed E-state index contributed by atoms with van der Waals surface area (Å²) in [5.41, 5.74) is 2.89. The zero-order chi connectivity index (χ0) is 22.6. The van der Waals surface area contributed by atoms with E-state index in [4.69, 9.17) is 0 Å². The van der Waals surface area contributed by atoms with Gasteiger partial charge in [0.05, 0.1) is 0 Å². The van der Waals surface area contributed by atoms with Gasteiger partial charge in [-0.25, -0.2) is 0 Å². The zero-order valence-corrected chi connectivity index (χ0v) is 18.9. The Labute approximate surface area is 200 Å². The van der Waals surface area contributed by atoms with Crippen molar-refractivity contribution in [2.24, 2.45) is 0 Å². The van der Waals surface area contributed by atoms with E-state index >= 15 is 0 Å². The van der Waals surface area contributed by atoms with Crippen LogP contribution in [0.15, 0.2) is 24.3 Å². The van der Waals surface area contributed by atoms with Crippen LogP contribution in [-0.4, -0.2) is 21.8 Å². The number of rotatable bonds is 2. The van der Waals surface area contributed by atoms with Crippen LogP contribution in [0.4, 0.5) is 51.8 Å². The van der Waals surface area contributed by atoms with Gasteiger partial charge in [-0.15, -0.1) is 0 Å². The van der Waals surface area contributed by atoms with Crippen LogP contribution in [0.1, 0.15) is 52.1 Å². The summed E-state index contributed by atoms with van der Waals surface area (Å²) in [5.74, 6) is 1.28. The van der Waals surface area contributed by atoms with Crippen molar-refractivity contribution in [1.82, 2.24) is 0 Å². The van der Waals surface area contributed by atoms with Crippen LogP contribution < -0.4 is 51.4 Å². The van der Waals surface area contributed by atoms with Crippen molar-refractivity contribution in [1.29, 1.82) is 0 Å². The molecule has 0 saturated carbocycles. The Balaban J connectivity index is -0.0000000965. The van der Waals surface area contributed by atoms with Gasteiger partial charge in [0, 0.05) is 0 Å². The minimum absolute atomic E-state index is 0. The quantitative estimate of drug-likeness (QED) is 0.431. The number of halogens is 12. The van der Waals surface area contributed by atoms with Crippen molar-refractivity contribution in [3.05, 3.63) is 35.4 Å². The van der Waals surface area contributed by atoms with Crippen molar-refractivity contribution in [3.63, 3.8) is 0 Å². The van der Waals surface area contributed by atoms with E-state index in [9.17, 15) is 51.8 Å². The van der Waals surface area contributed by atoms with Gasteiger partial charge in [0.25, 0.3) is 0 Å². The van der Waals surface area contributed by atoms with E-state index in [1.54, 1.807) is 0 Å². The van der Waals surface area contributed by atoms with E-state index < -0.39 is 21.8 Å². The molecule has 0 atom stereocenters. The second-order valence-corrected chi connectivity index (χ2v) is 5.46. The first-order chi connectivity index (χ1) is 11.6. The number of benzene rings is 1. The van der Waals surface area contributed by atoms with Crippen LogP contribution in [0.2, 0.25) is 0 Å². The van der Waals surface area contributed by atoms with Crippen molar-refractivity contribution in [2.45, 2.75) is 39.5 Å². The fourth-order valence-corrected chi connectivity index (χ4v) is 1.28. The SMILES string of the molecule is CC(C)c1cccc(C(C)C)c1.F[B-](F)(F)F.F[B-](F)(F)F.F[B-](F)(F)F.[H-].[K+]. The first kappa shape index (κ1) is 35.6. The molecule has 0 aliphatic heterocycles. The average Bonchev–Trinajstić information content (AvgIpc) is 2.32. The molecule has 1 aromatic rings. The molecule has 0 aliphatic carbocycles. The van der Waals surface area contributed by atoms with E-state index in [0.29, 0.717) is 11.8 Å². The summed E-state index contributed by atoms with van der Waals surface area (Å²) in [6, 6.07) is 8.88. The molecule has 0 bridgehead atoms. The standard InChI is InChI=1S/C12H18.3BF4.K.H/c1-9(2)11-6-5-7-12(8-11)10(3)4;3*2-1(3,4)5;;/h5-10H,1-4H3;;;;;/q;3*-1;+1;-1. The Kier molecular flexibility index (Phi) is 20.3. The molecule has 0 fully saturated rings. The maximum absolute atomic E-state index is 9.75. The van der Waals surface area contributed by atoms with Crippen LogP contribution in [0.5, 0.6) is 0 Å². The third-order valence-corrected chi connectivity index (χ3v) is 2.24. The Morgan fingerprint density at radius 3 is 0.893 bits per heavy atom. The van der Waals surface area contributed by atoms with Crippen LogP contribution in [0, 0.1) is 0 Å². The van der Waals surface area contributed by atoms with Crippen molar-refractivity contribution >= 4 is 21.8 Å². The smallest absolute Gasteiger partial charge is 1.00 e. The van der Waals surface area contributed by atoms with Gasteiger partial charge in [0.1, 0.15) is 0 Å². The maximum atomic E-state index is 9.75. The Morgan fingerprint density at radius 1 is 0.571 bits per heavy atom. The third-order valence-electron chi connectivity index (χ3n) is 2.24. The van der Waals surface area contributed by atoms with Crippen molar-refractivity contribution in [3.8, 4) is 0 Å². The average molecular weight is 463 g/mol. The molecule has 0 radical (unpaired) electrons. The largest absolute Gasteiger partial charge is 1.00 e. The normalized spacial score (nSPS) is 11.2. The summed E-state index contributed by atoms with van der Waals surface area (Å²) in [4.78, 5) is 0. The summed E-state index contributed by atoms with van der Waals surface area (Å²) in [6.07, 6.45) is 0. The molecule has 0 saturated heterocycles. The van der Waals surface area contributed by atoms with E-state index in [1.165, 1.54) is 11.1 Å². The third kappa shape index (κ3) is 50.2. The monoisotopic (exact) mass is 463 g/mol. The van der Waals surface area contributed by atoms with Crippen LogP contribution in [-0.2, 0) is 0 Å². The molecule has 0 N–H and O–H groups in total. The fourth-order valence-electron chi connectivity index (χ4n) is 1.28. The summed E-state index contributed by atoms with van der Waals surface area (Å²) in [6.45, 7) is 8.94. The Morgan fingerprint density at radius 2 is 0.750 bits per heavy atom. The molecule has 0 spiro atoms. The Bertz CT molecular complexity index is 436. The van der Waals surface area contributed by atoms with Gasteiger partial charge in [0.15, 0.2) is 0 Å². The molecule has 28 heavy (non-hydrogen) atoms. The molecule has 1 rings (SSSR count). The topological polar surface area (TPSA) is 0 Å². The predicted molar refractivity (Wildman–Crippen MR) is 86.3 cm³/mol. The van der Waals surface area contributed by atoms with Gasteiger partial charge in [-0.2, -0.15) is 0 Å². The van der Waals surface area contributed by atoms with Crippen LogP contribution >= 0.6 is 0 Å². The van der Waals surface area contributed by atoms with Gasteiger partial charge in [0.2, 0.25) is 0 Å². The van der Waals surface area contributed by atoms with Gasteiger partial charge in [-0.3, -0.25) is 0 Å². The van der Waals surface area contributed by atoms with Gasteiger partial charge < -0.3 is 53.2 Å². The van der Waals surface area contributed by atoms with Gasteiger partial charge in [-0.05, 0) is 23.0 Å². The second-order valence-electron chi connectivity index (χ2n) is 5.46. The van der Waals surface area contributed by atoms with E-state index in [0.717, 1.165) is 0 Å². The molecule has 0 aliphatic rings. The summed E-state index contributed by atoms with van der Waals surface area (Å²) < 4.78 is 117. The second kappa shape index (κ2) is 16.0. The molecule has 0 amide bonds. The van der Waals surface area contributed by atoms with Gasteiger partial charge in [-0.1, -0.05) is 52.0 Å². The molecule has 0 unspecified atom stereocenters. The van der Waals surface area contributed by atoms with Crippen molar-refractivity contribution in [2.75, 3.05) is 0 Å². The number of hydrogen-bond donors (Lipinski definition) is 0. The van der Waals surface area contributed by atoms with Crippen LogP contribution in [0.25, 0.3) is 0 Å². The summed E-state index contributed by atoms with van der Waals surface area (Å²) in [5, 5.41) is 0. The maximum Gasteiger partial charge on any atom is 1.00 e. The molecule has 1 aromatic carbocycles. The molecule has 0 nitrogen and oxygen atoms in total.